The Morgan fingerprint density at radius 2 is 1.77 bits per heavy atom. The number of rotatable bonds is 7. The number of hydrogen-bond donors (Lipinski definition) is 1. The van der Waals surface area contributed by atoms with Gasteiger partial charge in [0, 0.05) is 12.0 Å². The highest BCUT2D eigenvalue weighted by Gasteiger charge is 2.18. The van der Waals surface area contributed by atoms with E-state index in [2.05, 4.69) is 20.5 Å². The molecule has 7 nitrogen and oxygen atoms in total. The number of aromatic nitrogens is 3. The molecule has 1 N–H and O–H groups in total. The first-order valence-electron chi connectivity index (χ1n) is 9.44. The summed E-state index contributed by atoms with van der Waals surface area (Å²) in [6.07, 6.45) is 0.636. The summed E-state index contributed by atoms with van der Waals surface area (Å²) in [5.74, 6) is 1.31. The van der Waals surface area contributed by atoms with Gasteiger partial charge >= 0.3 is 0 Å². The molecule has 158 valence electrons. The maximum atomic E-state index is 12.8. The van der Waals surface area contributed by atoms with Crippen LogP contribution in [0.1, 0.15) is 25.9 Å². The third-order valence-electron chi connectivity index (χ3n) is 4.52. The minimum Gasteiger partial charge on any atom is -0.497 e. The second-order valence-corrected chi connectivity index (χ2v) is 8.71. The Kier molecular flexibility index (Phi) is 6.24. The van der Waals surface area contributed by atoms with E-state index >= 15 is 0 Å². The summed E-state index contributed by atoms with van der Waals surface area (Å²) < 4.78 is 10.5. The van der Waals surface area contributed by atoms with Crippen LogP contribution in [0.15, 0.2) is 48.5 Å². The fourth-order valence-electron chi connectivity index (χ4n) is 2.93. The fraction of sp³-hybridized carbons (Fsp3) is 0.182. The van der Waals surface area contributed by atoms with Crippen LogP contribution in [0.3, 0.4) is 0 Å². The summed E-state index contributed by atoms with van der Waals surface area (Å²) in [5.41, 5.74) is 2.67. The topological polar surface area (TPSA) is 86.2 Å². The number of thiazole rings is 1. The Morgan fingerprint density at radius 1 is 1.00 bits per heavy atom. The summed E-state index contributed by atoms with van der Waals surface area (Å²) in [4.78, 5) is 17.9. The number of carbonyl (C=O) groups excluding carboxylic acids is 1. The van der Waals surface area contributed by atoms with Crippen molar-refractivity contribution >= 4 is 33.7 Å². The minimum atomic E-state index is -0.240. The molecule has 2 aromatic heterocycles. The largest absolute Gasteiger partial charge is 0.497 e. The van der Waals surface area contributed by atoms with E-state index in [0.29, 0.717) is 22.1 Å². The number of nitrogens with one attached hydrogen (secondary N) is 1. The van der Waals surface area contributed by atoms with E-state index in [1.165, 1.54) is 22.7 Å². The molecule has 0 bridgehead atoms. The van der Waals surface area contributed by atoms with E-state index in [1.807, 2.05) is 55.5 Å². The van der Waals surface area contributed by atoms with Crippen molar-refractivity contribution in [2.24, 2.45) is 0 Å². The van der Waals surface area contributed by atoms with E-state index in [9.17, 15) is 4.79 Å². The fourth-order valence-corrected chi connectivity index (χ4v) is 4.66. The molecule has 0 aliphatic carbocycles. The highest BCUT2D eigenvalue weighted by Crippen LogP contribution is 2.31. The maximum absolute atomic E-state index is 12.8. The molecule has 0 spiro atoms. The van der Waals surface area contributed by atoms with Crippen molar-refractivity contribution < 1.29 is 14.3 Å². The maximum Gasteiger partial charge on any atom is 0.269 e. The summed E-state index contributed by atoms with van der Waals surface area (Å²) in [6.45, 7) is 1.82. The SMILES string of the molecule is COc1ccc(Cc2nnc(NC(=O)c3sc(-c4cccc(OC)c4)nc3C)s2)cc1. The number of benzene rings is 2. The Balaban J connectivity index is 1.45. The molecule has 2 aromatic carbocycles. The molecule has 0 radical (unpaired) electrons. The van der Waals surface area contributed by atoms with E-state index in [1.54, 1.807) is 14.2 Å². The van der Waals surface area contributed by atoms with Crippen molar-refractivity contribution in [3.63, 3.8) is 0 Å². The van der Waals surface area contributed by atoms with Gasteiger partial charge in [0.15, 0.2) is 0 Å². The van der Waals surface area contributed by atoms with Crippen molar-refractivity contribution in [1.29, 1.82) is 0 Å². The van der Waals surface area contributed by atoms with Crippen LogP contribution in [0.4, 0.5) is 5.13 Å². The van der Waals surface area contributed by atoms with Crippen LogP contribution in [-0.2, 0) is 6.42 Å². The predicted molar refractivity (Wildman–Crippen MR) is 123 cm³/mol. The molecule has 9 heteroatoms. The molecule has 4 rings (SSSR count). The quantitative estimate of drug-likeness (QED) is 0.432. The molecule has 0 fully saturated rings. The lowest BCUT2D eigenvalue weighted by atomic mass is 10.1. The van der Waals surface area contributed by atoms with E-state index in [0.717, 1.165) is 32.6 Å². The third-order valence-corrected chi connectivity index (χ3v) is 6.57. The van der Waals surface area contributed by atoms with E-state index in [4.69, 9.17) is 9.47 Å². The lowest BCUT2D eigenvalue weighted by Crippen LogP contribution is -2.11. The molecule has 2 heterocycles. The van der Waals surface area contributed by atoms with Gasteiger partial charge in [0.25, 0.3) is 5.91 Å². The molecule has 4 aromatic rings. The average molecular weight is 453 g/mol. The average Bonchev–Trinajstić information content (AvgIpc) is 3.40. The highest BCUT2D eigenvalue weighted by molar-refractivity contribution is 7.17. The number of amides is 1. The van der Waals surface area contributed by atoms with Crippen molar-refractivity contribution in [2.75, 3.05) is 19.5 Å². The monoisotopic (exact) mass is 452 g/mol. The minimum absolute atomic E-state index is 0.240. The molecular formula is C22H20N4O3S2. The standard InChI is InChI=1S/C22H20N4O3S2/c1-13-19(31-21(23-13)15-5-4-6-17(12-15)29-3)20(27)24-22-26-25-18(30-22)11-14-7-9-16(28-2)10-8-14/h4-10,12H,11H2,1-3H3,(H,24,26,27). The van der Waals surface area contributed by atoms with Crippen LogP contribution in [0, 0.1) is 6.92 Å². The molecular weight excluding hydrogens is 432 g/mol. The lowest BCUT2D eigenvalue weighted by molar-refractivity contribution is 0.102. The number of hydrogen-bond acceptors (Lipinski definition) is 8. The van der Waals surface area contributed by atoms with Gasteiger partial charge in [-0.25, -0.2) is 4.98 Å². The highest BCUT2D eigenvalue weighted by atomic mass is 32.1. The van der Waals surface area contributed by atoms with Crippen molar-refractivity contribution in [3.05, 3.63) is 69.7 Å². The molecule has 0 saturated carbocycles. The number of anilines is 1. The number of carbonyl (C=O) groups is 1. The molecule has 1 amide bonds. The normalized spacial score (nSPS) is 10.7. The van der Waals surface area contributed by atoms with Gasteiger partial charge in [-0.3, -0.25) is 10.1 Å². The zero-order valence-corrected chi connectivity index (χ0v) is 18.8. The predicted octanol–water partition coefficient (Wildman–Crippen LogP) is 4.83. The Bertz CT molecular complexity index is 1200. The molecule has 0 aliphatic heterocycles. The first kappa shape index (κ1) is 21.0. The molecule has 0 aliphatic rings. The second-order valence-electron chi connectivity index (χ2n) is 6.65. The smallest absolute Gasteiger partial charge is 0.269 e. The molecule has 0 saturated heterocycles. The Labute approximate surface area is 187 Å². The van der Waals surface area contributed by atoms with Crippen LogP contribution in [0.25, 0.3) is 10.6 Å². The number of aryl methyl sites for hydroxylation is 1. The van der Waals surface area contributed by atoms with Crippen molar-refractivity contribution in [2.45, 2.75) is 13.3 Å². The van der Waals surface area contributed by atoms with Gasteiger partial charge in [-0.1, -0.05) is 35.6 Å². The van der Waals surface area contributed by atoms with Gasteiger partial charge < -0.3 is 9.47 Å². The summed E-state index contributed by atoms with van der Waals surface area (Å²) in [7, 11) is 3.26. The van der Waals surface area contributed by atoms with Gasteiger partial charge in [-0.2, -0.15) is 0 Å². The molecule has 31 heavy (non-hydrogen) atoms. The number of nitrogens with zero attached hydrogens (tertiary/aromatic N) is 3. The number of methoxy groups -OCH3 is 2. The van der Waals surface area contributed by atoms with Gasteiger partial charge in [0.2, 0.25) is 5.13 Å². The molecule has 0 atom stereocenters. The van der Waals surface area contributed by atoms with E-state index < -0.39 is 0 Å². The van der Waals surface area contributed by atoms with Crippen LogP contribution in [0.2, 0.25) is 0 Å². The summed E-state index contributed by atoms with van der Waals surface area (Å²) >= 11 is 2.69. The first-order chi connectivity index (χ1) is 15.1. The van der Waals surface area contributed by atoms with Gasteiger partial charge in [0.1, 0.15) is 26.4 Å². The van der Waals surface area contributed by atoms with Gasteiger partial charge in [-0.15, -0.1) is 21.5 Å². The van der Waals surface area contributed by atoms with Crippen LogP contribution in [-0.4, -0.2) is 35.3 Å². The van der Waals surface area contributed by atoms with Crippen LogP contribution < -0.4 is 14.8 Å². The molecule has 0 unspecified atom stereocenters. The Morgan fingerprint density at radius 3 is 2.52 bits per heavy atom. The summed E-state index contributed by atoms with van der Waals surface area (Å²) in [6, 6.07) is 15.4. The Hall–Kier alpha value is -3.30. The third kappa shape index (κ3) is 4.89. The van der Waals surface area contributed by atoms with Crippen LogP contribution >= 0.6 is 22.7 Å². The van der Waals surface area contributed by atoms with E-state index in [-0.39, 0.29) is 5.91 Å². The number of ether oxygens (including phenoxy) is 2. The zero-order valence-electron chi connectivity index (χ0n) is 17.2. The summed E-state index contributed by atoms with van der Waals surface area (Å²) in [5, 5.41) is 13.2. The van der Waals surface area contributed by atoms with Gasteiger partial charge in [-0.05, 0) is 36.8 Å². The first-order valence-corrected chi connectivity index (χ1v) is 11.1. The van der Waals surface area contributed by atoms with Crippen molar-refractivity contribution in [3.8, 4) is 22.1 Å². The zero-order chi connectivity index (χ0) is 21.8. The lowest BCUT2D eigenvalue weighted by Gasteiger charge is -2.01. The second kappa shape index (κ2) is 9.23. The van der Waals surface area contributed by atoms with Gasteiger partial charge in [0.05, 0.1) is 19.9 Å². The van der Waals surface area contributed by atoms with Crippen LogP contribution in [0.5, 0.6) is 11.5 Å². The van der Waals surface area contributed by atoms with Crippen molar-refractivity contribution in [1.82, 2.24) is 15.2 Å².